The summed E-state index contributed by atoms with van der Waals surface area (Å²) in [6, 6.07) is 6.99. The molecule has 0 aromatic heterocycles. The highest BCUT2D eigenvalue weighted by Crippen LogP contribution is 2.22. The number of hydrogen-bond donors (Lipinski definition) is 2. The summed E-state index contributed by atoms with van der Waals surface area (Å²) in [6.07, 6.45) is 0.949. The number of para-hydroxylation sites is 1. The van der Waals surface area contributed by atoms with E-state index < -0.39 is 10.0 Å². The van der Waals surface area contributed by atoms with Crippen molar-refractivity contribution >= 4 is 15.7 Å². The van der Waals surface area contributed by atoms with Crippen LogP contribution >= 0.6 is 0 Å². The van der Waals surface area contributed by atoms with Crippen LogP contribution < -0.4 is 10.6 Å². The zero-order chi connectivity index (χ0) is 14.3. The average molecular weight is 285 g/mol. The molecule has 0 amide bonds. The summed E-state index contributed by atoms with van der Waals surface area (Å²) < 4.78 is 25.6. The van der Waals surface area contributed by atoms with E-state index in [2.05, 4.69) is 17.6 Å². The molecule has 0 saturated carbocycles. The third-order valence-corrected chi connectivity index (χ3v) is 4.61. The maximum absolute atomic E-state index is 12.2. The molecular weight excluding hydrogens is 262 g/mol. The minimum atomic E-state index is -3.40. The fourth-order valence-corrected chi connectivity index (χ4v) is 2.71. The largest absolute Gasteiger partial charge is 0.384 e. The molecule has 0 aliphatic rings. The van der Waals surface area contributed by atoms with Crippen molar-refractivity contribution < 1.29 is 8.42 Å². The van der Waals surface area contributed by atoms with Gasteiger partial charge in [-0.05, 0) is 31.6 Å². The minimum Gasteiger partial charge on any atom is -0.384 e. The predicted molar refractivity (Wildman–Crippen MR) is 79.0 cm³/mol. The van der Waals surface area contributed by atoms with Gasteiger partial charge in [0.1, 0.15) is 4.90 Å². The second-order valence-corrected chi connectivity index (χ2v) is 6.54. The third kappa shape index (κ3) is 4.49. The Bertz CT molecular complexity index is 486. The topological polar surface area (TPSA) is 61.4 Å². The van der Waals surface area contributed by atoms with Gasteiger partial charge in [-0.3, -0.25) is 0 Å². The number of nitrogens with zero attached hydrogens (tertiary/aromatic N) is 1. The standard InChI is InChI=1S/C13H23N3O2S/c1-4-14-10-7-11-15-12-8-5-6-9-13(12)19(17,18)16(2)3/h5-6,8-9,14-15H,4,7,10-11H2,1-3H3. The van der Waals surface area contributed by atoms with Crippen molar-refractivity contribution in [2.45, 2.75) is 18.2 Å². The summed E-state index contributed by atoms with van der Waals surface area (Å²) in [5.74, 6) is 0. The first-order valence-electron chi connectivity index (χ1n) is 6.46. The number of rotatable bonds is 8. The molecule has 0 fully saturated rings. The Morgan fingerprint density at radius 3 is 2.47 bits per heavy atom. The van der Waals surface area contributed by atoms with Gasteiger partial charge in [0.15, 0.2) is 0 Å². The van der Waals surface area contributed by atoms with Crippen LogP contribution in [0.25, 0.3) is 0 Å². The first-order chi connectivity index (χ1) is 9.00. The van der Waals surface area contributed by atoms with Gasteiger partial charge < -0.3 is 10.6 Å². The third-order valence-electron chi connectivity index (χ3n) is 2.74. The van der Waals surface area contributed by atoms with E-state index >= 15 is 0 Å². The summed E-state index contributed by atoms with van der Waals surface area (Å²) >= 11 is 0. The molecule has 5 nitrogen and oxygen atoms in total. The smallest absolute Gasteiger partial charge is 0.244 e. The Labute approximate surface area is 116 Å². The van der Waals surface area contributed by atoms with E-state index in [0.717, 1.165) is 26.1 Å². The zero-order valence-electron chi connectivity index (χ0n) is 11.8. The Morgan fingerprint density at radius 2 is 1.84 bits per heavy atom. The van der Waals surface area contributed by atoms with Crippen molar-refractivity contribution in [2.24, 2.45) is 0 Å². The van der Waals surface area contributed by atoms with Crippen molar-refractivity contribution in [1.29, 1.82) is 0 Å². The molecule has 0 unspecified atom stereocenters. The molecule has 0 radical (unpaired) electrons. The molecule has 108 valence electrons. The first kappa shape index (κ1) is 15.9. The lowest BCUT2D eigenvalue weighted by atomic mass is 10.3. The monoisotopic (exact) mass is 285 g/mol. The highest BCUT2D eigenvalue weighted by Gasteiger charge is 2.20. The van der Waals surface area contributed by atoms with Crippen LogP contribution in [0, 0.1) is 0 Å². The lowest BCUT2D eigenvalue weighted by molar-refractivity contribution is 0.521. The number of benzene rings is 1. The van der Waals surface area contributed by atoms with Crippen molar-refractivity contribution in [2.75, 3.05) is 39.0 Å². The van der Waals surface area contributed by atoms with Gasteiger partial charge >= 0.3 is 0 Å². The minimum absolute atomic E-state index is 0.323. The summed E-state index contributed by atoms with van der Waals surface area (Å²) in [4.78, 5) is 0.323. The molecule has 2 N–H and O–H groups in total. The Morgan fingerprint density at radius 1 is 1.16 bits per heavy atom. The first-order valence-corrected chi connectivity index (χ1v) is 7.90. The quantitative estimate of drug-likeness (QED) is 0.708. The van der Waals surface area contributed by atoms with Crippen LogP contribution in [0.15, 0.2) is 29.2 Å². The van der Waals surface area contributed by atoms with Crippen LogP contribution in [0.5, 0.6) is 0 Å². The molecular formula is C13H23N3O2S. The molecule has 0 aliphatic heterocycles. The second-order valence-electron chi connectivity index (χ2n) is 4.42. The predicted octanol–water partition coefficient (Wildman–Crippen LogP) is 1.35. The molecule has 0 bridgehead atoms. The molecule has 0 atom stereocenters. The number of hydrogen-bond acceptors (Lipinski definition) is 4. The lowest BCUT2D eigenvalue weighted by Crippen LogP contribution is -2.23. The molecule has 1 aromatic carbocycles. The van der Waals surface area contributed by atoms with Crippen LogP contribution in [-0.2, 0) is 10.0 Å². The van der Waals surface area contributed by atoms with Crippen LogP contribution in [-0.4, -0.2) is 46.5 Å². The maximum atomic E-state index is 12.2. The van der Waals surface area contributed by atoms with Crippen molar-refractivity contribution in [3.63, 3.8) is 0 Å². The fraction of sp³-hybridized carbons (Fsp3) is 0.538. The van der Waals surface area contributed by atoms with E-state index in [-0.39, 0.29) is 0 Å². The van der Waals surface area contributed by atoms with Gasteiger partial charge in [0.25, 0.3) is 0 Å². The maximum Gasteiger partial charge on any atom is 0.244 e. The molecule has 19 heavy (non-hydrogen) atoms. The molecule has 6 heteroatoms. The summed E-state index contributed by atoms with van der Waals surface area (Å²) in [5, 5.41) is 6.42. The van der Waals surface area contributed by atoms with Gasteiger partial charge in [-0.2, -0.15) is 0 Å². The van der Waals surface area contributed by atoms with E-state index in [1.165, 1.54) is 18.4 Å². The average Bonchev–Trinajstić information content (AvgIpc) is 2.38. The second kappa shape index (κ2) is 7.47. The van der Waals surface area contributed by atoms with E-state index in [0.29, 0.717) is 10.6 Å². The normalized spacial score (nSPS) is 11.8. The highest BCUT2D eigenvalue weighted by atomic mass is 32.2. The van der Waals surface area contributed by atoms with E-state index in [1.54, 1.807) is 18.2 Å². The van der Waals surface area contributed by atoms with Crippen molar-refractivity contribution in [3.05, 3.63) is 24.3 Å². The fourth-order valence-electron chi connectivity index (χ4n) is 1.65. The number of nitrogens with one attached hydrogen (secondary N) is 2. The molecule has 0 spiro atoms. The van der Waals surface area contributed by atoms with Crippen LogP contribution in [0.2, 0.25) is 0 Å². The molecule has 0 heterocycles. The summed E-state index contributed by atoms with van der Waals surface area (Å²) in [6.45, 7) is 4.68. The van der Waals surface area contributed by atoms with Gasteiger partial charge in [-0.1, -0.05) is 19.1 Å². The molecule has 1 rings (SSSR count). The van der Waals surface area contributed by atoms with Crippen molar-refractivity contribution in [1.82, 2.24) is 9.62 Å². The number of sulfonamides is 1. The Kier molecular flexibility index (Phi) is 6.27. The molecule has 0 saturated heterocycles. The Hall–Kier alpha value is -1.11. The van der Waals surface area contributed by atoms with Crippen LogP contribution in [0.4, 0.5) is 5.69 Å². The van der Waals surface area contributed by atoms with Crippen LogP contribution in [0.1, 0.15) is 13.3 Å². The van der Waals surface area contributed by atoms with E-state index in [9.17, 15) is 8.42 Å². The lowest BCUT2D eigenvalue weighted by Gasteiger charge is -2.16. The SMILES string of the molecule is CCNCCCNc1ccccc1S(=O)(=O)N(C)C. The number of anilines is 1. The molecule has 1 aromatic rings. The van der Waals surface area contributed by atoms with Gasteiger partial charge in [0.2, 0.25) is 10.0 Å². The van der Waals surface area contributed by atoms with Gasteiger partial charge in [0.05, 0.1) is 5.69 Å². The highest BCUT2D eigenvalue weighted by molar-refractivity contribution is 7.89. The van der Waals surface area contributed by atoms with E-state index in [4.69, 9.17) is 0 Å². The van der Waals surface area contributed by atoms with E-state index in [1.807, 2.05) is 6.07 Å². The summed E-state index contributed by atoms with van der Waals surface area (Å²) in [7, 11) is -0.322. The molecule has 0 aliphatic carbocycles. The van der Waals surface area contributed by atoms with Crippen molar-refractivity contribution in [3.8, 4) is 0 Å². The Balaban J connectivity index is 2.74. The summed E-state index contributed by atoms with van der Waals surface area (Å²) in [5.41, 5.74) is 0.660. The van der Waals surface area contributed by atoms with Gasteiger partial charge in [-0.15, -0.1) is 0 Å². The van der Waals surface area contributed by atoms with Crippen LogP contribution in [0.3, 0.4) is 0 Å². The van der Waals surface area contributed by atoms with Gasteiger partial charge in [0, 0.05) is 20.6 Å². The van der Waals surface area contributed by atoms with Gasteiger partial charge in [-0.25, -0.2) is 12.7 Å². The zero-order valence-corrected chi connectivity index (χ0v) is 12.6.